The molecule has 1 aliphatic rings. The van der Waals surface area contributed by atoms with Crippen LogP contribution in [-0.2, 0) is 11.8 Å². The number of rotatable bonds is 4. The predicted molar refractivity (Wildman–Crippen MR) is 92.3 cm³/mol. The molecule has 0 unspecified atom stereocenters. The number of nitrogens with zero attached hydrogens (tertiary/aromatic N) is 4. The van der Waals surface area contributed by atoms with Crippen LogP contribution in [-0.4, -0.2) is 44.4 Å². The van der Waals surface area contributed by atoms with Gasteiger partial charge in [0.2, 0.25) is 5.91 Å². The molecule has 1 aromatic heterocycles. The van der Waals surface area contributed by atoms with Crippen LogP contribution < -0.4 is 0 Å². The molecule has 1 saturated heterocycles. The first-order chi connectivity index (χ1) is 11.2. The molecule has 1 aromatic carbocycles. The summed E-state index contributed by atoms with van der Waals surface area (Å²) < 4.78 is 1.97. The van der Waals surface area contributed by atoms with Gasteiger partial charge in [0.05, 0.1) is 5.75 Å². The average Bonchev–Trinajstić information content (AvgIpc) is 2.94. The lowest BCUT2D eigenvalue weighted by atomic mass is 10.1. The van der Waals surface area contributed by atoms with E-state index in [0.29, 0.717) is 5.75 Å². The number of carbonyl (C=O) groups excluding carboxylic acids is 1. The molecule has 1 fully saturated rings. The number of likely N-dealkylation sites (tertiary alicyclic amines) is 1. The lowest BCUT2D eigenvalue weighted by Crippen LogP contribution is -2.36. The Balaban J connectivity index is 1.68. The minimum Gasteiger partial charge on any atom is -0.342 e. The zero-order valence-corrected chi connectivity index (χ0v) is 14.5. The van der Waals surface area contributed by atoms with Crippen molar-refractivity contribution in [2.75, 3.05) is 18.8 Å². The highest BCUT2D eigenvalue weighted by atomic mass is 32.2. The maximum absolute atomic E-state index is 12.3. The van der Waals surface area contributed by atoms with Crippen molar-refractivity contribution in [1.82, 2.24) is 19.7 Å². The molecular formula is C17H22N4OS. The van der Waals surface area contributed by atoms with Crippen LogP contribution in [0.15, 0.2) is 29.4 Å². The highest BCUT2D eigenvalue weighted by Gasteiger charge is 2.18. The van der Waals surface area contributed by atoms with Crippen LogP contribution in [0.5, 0.6) is 0 Å². The fraction of sp³-hybridized carbons (Fsp3) is 0.471. The smallest absolute Gasteiger partial charge is 0.233 e. The van der Waals surface area contributed by atoms with Crippen molar-refractivity contribution in [3.63, 3.8) is 0 Å². The Morgan fingerprint density at radius 2 is 1.91 bits per heavy atom. The largest absolute Gasteiger partial charge is 0.342 e. The van der Waals surface area contributed by atoms with Gasteiger partial charge >= 0.3 is 0 Å². The number of carbonyl (C=O) groups is 1. The van der Waals surface area contributed by atoms with Gasteiger partial charge in [0.1, 0.15) is 0 Å². The first-order valence-electron chi connectivity index (χ1n) is 8.03. The minimum atomic E-state index is 0.204. The van der Waals surface area contributed by atoms with Crippen LogP contribution in [0, 0.1) is 6.92 Å². The van der Waals surface area contributed by atoms with E-state index >= 15 is 0 Å². The van der Waals surface area contributed by atoms with E-state index in [1.54, 1.807) is 0 Å². The van der Waals surface area contributed by atoms with E-state index in [1.807, 2.05) is 34.7 Å². The molecule has 1 amide bonds. The quantitative estimate of drug-likeness (QED) is 0.809. The van der Waals surface area contributed by atoms with Crippen LogP contribution in [0.4, 0.5) is 0 Å². The maximum atomic E-state index is 12.3. The molecule has 0 saturated carbocycles. The second-order valence-corrected chi connectivity index (χ2v) is 6.85. The van der Waals surface area contributed by atoms with Crippen molar-refractivity contribution in [1.29, 1.82) is 0 Å². The molecule has 0 N–H and O–H groups in total. The Morgan fingerprint density at radius 1 is 1.17 bits per heavy atom. The number of aryl methyl sites for hydroxylation is 1. The van der Waals surface area contributed by atoms with Gasteiger partial charge in [0.25, 0.3) is 0 Å². The van der Waals surface area contributed by atoms with Gasteiger partial charge in [-0.25, -0.2) is 0 Å². The summed E-state index contributed by atoms with van der Waals surface area (Å²) in [5, 5.41) is 9.35. The molecule has 6 heteroatoms. The van der Waals surface area contributed by atoms with Crippen molar-refractivity contribution in [3.05, 3.63) is 29.8 Å². The molecular weight excluding hydrogens is 308 g/mol. The number of aromatic nitrogens is 3. The van der Waals surface area contributed by atoms with E-state index in [-0.39, 0.29) is 5.91 Å². The molecule has 0 radical (unpaired) electrons. The standard InChI is InChI=1S/C17H22N4OS/c1-13-8-4-5-9-14(13)16-18-19-17(20(16)2)23-12-15(22)21-10-6-3-7-11-21/h4-5,8-9H,3,6-7,10-12H2,1-2H3. The lowest BCUT2D eigenvalue weighted by Gasteiger charge is -2.26. The molecule has 122 valence electrons. The third-order valence-electron chi connectivity index (χ3n) is 4.25. The van der Waals surface area contributed by atoms with E-state index < -0.39 is 0 Å². The molecule has 0 atom stereocenters. The Labute approximate surface area is 141 Å². The fourth-order valence-electron chi connectivity index (χ4n) is 2.86. The first-order valence-corrected chi connectivity index (χ1v) is 9.01. The summed E-state index contributed by atoms with van der Waals surface area (Å²) in [6.07, 6.45) is 3.48. The Bertz CT molecular complexity index is 692. The third-order valence-corrected chi connectivity index (χ3v) is 5.26. The third kappa shape index (κ3) is 3.58. The number of amides is 1. The van der Waals surface area contributed by atoms with Gasteiger partial charge in [-0.15, -0.1) is 10.2 Å². The van der Waals surface area contributed by atoms with E-state index in [1.165, 1.54) is 23.7 Å². The molecule has 0 bridgehead atoms. The van der Waals surface area contributed by atoms with E-state index in [4.69, 9.17) is 0 Å². The van der Waals surface area contributed by atoms with Crippen LogP contribution in [0.2, 0.25) is 0 Å². The molecule has 0 spiro atoms. The van der Waals surface area contributed by atoms with Gasteiger partial charge < -0.3 is 9.47 Å². The van der Waals surface area contributed by atoms with Crippen LogP contribution in [0.1, 0.15) is 24.8 Å². The summed E-state index contributed by atoms with van der Waals surface area (Å²) in [4.78, 5) is 14.2. The number of hydrogen-bond acceptors (Lipinski definition) is 4. The second-order valence-electron chi connectivity index (χ2n) is 5.91. The van der Waals surface area contributed by atoms with Crippen molar-refractivity contribution in [2.45, 2.75) is 31.3 Å². The maximum Gasteiger partial charge on any atom is 0.233 e. The van der Waals surface area contributed by atoms with Gasteiger partial charge in [0, 0.05) is 25.7 Å². The van der Waals surface area contributed by atoms with E-state index in [0.717, 1.165) is 42.5 Å². The van der Waals surface area contributed by atoms with E-state index in [2.05, 4.69) is 23.2 Å². The summed E-state index contributed by atoms with van der Waals surface area (Å²) >= 11 is 1.47. The fourth-order valence-corrected chi connectivity index (χ4v) is 3.67. The Kier molecular flexibility index (Phi) is 5.00. The van der Waals surface area contributed by atoms with Gasteiger partial charge in [-0.05, 0) is 31.7 Å². The monoisotopic (exact) mass is 330 g/mol. The van der Waals surface area contributed by atoms with Gasteiger partial charge in [-0.1, -0.05) is 36.0 Å². The topological polar surface area (TPSA) is 51.0 Å². The molecule has 0 aliphatic carbocycles. The van der Waals surface area contributed by atoms with Crippen LogP contribution in [0.3, 0.4) is 0 Å². The van der Waals surface area contributed by atoms with Crippen LogP contribution >= 0.6 is 11.8 Å². The van der Waals surface area contributed by atoms with Gasteiger partial charge in [0.15, 0.2) is 11.0 Å². The molecule has 3 rings (SSSR count). The van der Waals surface area contributed by atoms with Gasteiger partial charge in [-0.2, -0.15) is 0 Å². The molecule has 2 heterocycles. The van der Waals surface area contributed by atoms with Crippen molar-refractivity contribution in [2.24, 2.45) is 7.05 Å². The minimum absolute atomic E-state index is 0.204. The summed E-state index contributed by atoms with van der Waals surface area (Å²) in [6, 6.07) is 8.13. The number of thioether (sulfide) groups is 1. The highest BCUT2D eigenvalue weighted by molar-refractivity contribution is 7.99. The SMILES string of the molecule is Cc1ccccc1-c1nnc(SCC(=O)N2CCCCC2)n1C. The summed E-state index contributed by atoms with van der Waals surface area (Å²) in [6.45, 7) is 3.86. The van der Waals surface area contributed by atoms with Crippen molar-refractivity contribution >= 4 is 17.7 Å². The highest BCUT2D eigenvalue weighted by Crippen LogP contribution is 2.25. The zero-order chi connectivity index (χ0) is 16.2. The van der Waals surface area contributed by atoms with E-state index in [9.17, 15) is 4.79 Å². The molecule has 1 aliphatic heterocycles. The number of hydrogen-bond donors (Lipinski definition) is 0. The summed E-state index contributed by atoms with van der Waals surface area (Å²) in [7, 11) is 1.95. The van der Waals surface area contributed by atoms with Crippen molar-refractivity contribution < 1.29 is 4.79 Å². The van der Waals surface area contributed by atoms with Gasteiger partial charge in [-0.3, -0.25) is 4.79 Å². The Hall–Kier alpha value is -1.82. The number of benzene rings is 1. The van der Waals surface area contributed by atoms with Crippen LogP contribution in [0.25, 0.3) is 11.4 Å². The predicted octanol–water partition coefficient (Wildman–Crippen LogP) is 2.90. The first kappa shape index (κ1) is 16.1. The molecule has 5 nitrogen and oxygen atoms in total. The zero-order valence-electron chi connectivity index (χ0n) is 13.7. The molecule has 23 heavy (non-hydrogen) atoms. The summed E-state index contributed by atoms with van der Waals surface area (Å²) in [5.41, 5.74) is 2.25. The molecule has 2 aromatic rings. The summed E-state index contributed by atoms with van der Waals surface area (Å²) in [5.74, 6) is 1.48. The normalized spacial score (nSPS) is 15.0. The second kappa shape index (κ2) is 7.17. The lowest BCUT2D eigenvalue weighted by molar-refractivity contribution is -0.129. The average molecular weight is 330 g/mol. The number of piperidine rings is 1. The Morgan fingerprint density at radius 3 is 2.65 bits per heavy atom. The van der Waals surface area contributed by atoms with Crippen molar-refractivity contribution in [3.8, 4) is 11.4 Å².